The Hall–Kier alpha value is -2.17. The van der Waals surface area contributed by atoms with Crippen molar-refractivity contribution in [3.8, 4) is 0 Å². The Morgan fingerprint density at radius 2 is 1.96 bits per heavy atom. The quantitative estimate of drug-likeness (QED) is 0.889. The predicted octanol–water partition coefficient (Wildman–Crippen LogP) is 1.76. The van der Waals surface area contributed by atoms with Crippen LogP contribution in [0.25, 0.3) is 0 Å². The molecular formula is C19H21N3O. The van der Waals surface area contributed by atoms with E-state index in [-0.39, 0.29) is 11.9 Å². The second kappa shape index (κ2) is 5.80. The van der Waals surface area contributed by atoms with Gasteiger partial charge in [-0.15, -0.1) is 0 Å². The van der Waals surface area contributed by atoms with E-state index in [0.717, 1.165) is 30.8 Å². The lowest BCUT2D eigenvalue weighted by atomic mass is 9.80. The van der Waals surface area contributed by atoms with Crippen LogP contribution >= 0.6 is 0 Å². The minimum Gasteiger partial charge on any atom is -0.353 e. The molecule has 2 atom stereocenters. The number of amides is 1. The monoisotopic (exact) mass is 307 g/mol. The van der Waals surface area contributed by atoms with E-state index in [1.807, 2.05) is 6.07 Å². The molecule has 4 rings (SSSR count). The van der Waals surface area contributed by atoms with Crippen molar-refractivity contribution in [2.24, 2.45) is 5.73 Å². The number of hydrogen-bond donors (Lipinski definition) is 2. The van der Waals surface area contributed by atoms with E-state index in [1.54, 1.807) is 0 Å². The molecule has 2 aromatic carbocycles. The molecule has 0 aliphatic carbocycles. The van der Waals surface area contributed by atoms with E-state index in [0.29, 0.717) is 12.5 Å². The SMILES string of the molecule is NCc1ccc2c(c1)C1C(=O)NCCN1CC2c1ccccc1. The number of nitrogens with two attached hydrogens (primary N) is 1. The summed E-state index contributed by atoms with van der Waals surface area (Å²) in [5, 5.41) is 3.00. The third kappa shape index (κ3) is 2.44. The lowest BCUT2D eigenvalue weighted by molar-refractivity contribution is -0.129. The second-order valence-electron chi connectivity index (χ2n) is 6.32. The molecule has 2 heterocycles. The molecule has 2 aliphatic heterocycles. The Morgan fingerprint density at radius 3 is 2.74 bits per heavy atom. The fourth-order valence-corrected chi connectivity index (χ4v) is 3.86. The highest BCUT2D eigenvalue weighted by Gasteiger charge is 2.39. The van der Waals surface area contributed by atoms with Crippen molar-refractivity contribution in [2.45, 2.75) is 18.5 Å². The van der Waals surface area contributed by atoms with Gasteiger partial charge in [0.15, 0.2) is 0 Å². The third-order valence-corrected chi connectivity index (χ3v) is 4.99. The van der Waals surface area contributed by atoms with Crippen LogP contribution in [-0.2, 0) is 11.3 Å². The van der Waals surface area contributed by atoms with Gasteiger partial charge >= 0.3 is 0 Å². The summed E-state index contributed by atoms with van der Waals surface area (Å²) in [7, 11) is 0. The molecular weight excluding hydrogens is 286 g/mol. The molecule has 1 saturated heterocycles. The van der Waals surface area contributed by atoms with E-state index < -0.39 is 0 Å². The first-order valence-corrected chi connectivity index (χ1v) is 8.17. The number of benzene rings is 2. The molecule has 3 N–H and O–H groups in total. The molecule has 0 radical (unpaired) electrons. The van der Waals surface area contributed by atoms with Crippen molar-refractivity contribution in [3.63, 3.8) is 0 Å². The molecule has 1 fully saturated rings. The number of nitrogens with one attached hydrogen (secondary N) is 1. The summed E-state index contributed by atoms with van der Waals surface area (Å²) in [6.07, 6.45) is 0. The van der Waals surface area contributed by atoms with E-state index in [9.17, 15) is 4.79 Å². The van der Waals surface area contributed by atoms with E-state index in [1.165, 1.54) is 11.1 Å². The molecule has 2 aliphatic rings. The smallest absolute Gasteiger partial charge is 0.242 e. The minimum atomic E-state index is -0.176. The topological polar surface area (TPSA) is 58.4 Å². The standard InChI is InChI=1S/C19H21N3O/c20-11-13-6-7-15-16(10-13)18-19(23)21-8-9-22(18)12-17(15)14-4-2-1-3-5-14/h1-7,10,17-18H,8-9,11-12,20H2,(H,21,23). The van der Waals surface area contributed by atoms with Crippen LogP contribution in [-0.4, -0.2) is 30.4 Å². The second-order valence-corrected chi connectivity index (χ2v) is 6.32. The van der Waals surface area contributed by atoms with Gasteiger partial charge in [-0.1, -0.05) is 48.5 Å². The summed E-state index contributed by atoms with van der Waals surface area (Å²) in [6.45, 7) is 3.00. The van der Waals surface area contributed by atoms with Gasteiger partial charge in [0.1, 0.15) is 6.04 Å². The lowest BCUT2D eigenvalue weighted by Crippen LogP contribution is -2.53. The lowest BCUT2D eigenvalue weighted by Gasteiger charge is -2.43. The highest BCUT2D eigenvalue weighted by atomic mass is 16.2. The Kier molecular flexibility index (Phi) is 3.63. The number of nitrogens with zero attached hydrogens (tertiary/aromatic N) is 1. The molecule has 2 unspecified atom stereocenters. The normalized spacial score (nSPS) is 23.8. The molecule has 0 spiro atoms. The van der Waals surface area contributed by atoms with Gasteiger partial charge in [0, 0.05) is 32.1 Å². The largest absolute Gasteiger partial charge is 0.353 e. The summed E-state index contributed by atoms with van der Waals surface area (Å²) in [5.41, 5.74) is 10.6. The number of rotatable bonds is 2. The van der Waals surface area contributed by atoms with Crippen molar-refractivity contribution in [1.82, 2.24) is 10.2 Å². The number of piperazine rings is 1. The van der Waals surface area contributed by atoms with Crippen LogP contribution in [0.4, 0.5) is 0 Å². The Balaban J connectivity index is 1.85. The van der Waals surface area contributed by atoms with Crippen LogP contribution < -0.4 is 11.1 Å². The van der Waals surface area contributed by atoms with Crippen molar-refractivity contribution in [1.29, 1.82) is 0 Å². The summed E-state index contributed by atoms with van der Waals surface area (Å²) in [4.78, 5) is 14.8. The van der Waals surface area contributed by atoms with Crippen molar-refractivity contribution in [2.75, 3.05) is 19.6 Å². The highest BCUT2D eigenvalue weighted by Crippen LogP contribution is 2.40. The number of carbonyl (C=O) groups is 1. The van der Waals surface area contributed by atoms with Gasteiger partial charge < -0.3 is 11.1 Å². The molecule has 4 heteroatoms. The zero-order valence-corrected chi connectivity index (χ0v) is 13.0. The highest BCUT2D eigenvalue weighted by molar-refractivity contribution is 5.85. The fraction of sp³-hybridized carbons (Fsp3) is 0.316. The summed E-state index contributed by atoms with van der Waals surface area (Å²) >= 11 is 0. The number of carbonyl (C=O) groups excluding carboxylic acids is 1. The zero-order valence-electron chi connectivity index (χ0n) is 13.0. The Bertz CT molecular complexity index is 729. The van der Waals surface area contributed by atoms with Gasteiger partial charge in [0.05, 0.1) is 0 Å². The van der Waals surface area contributed by atoms with E-state index in [2.05, 4.69) is 52.7 Å². The molecule has 0 bridgehead atoms. The summed E-state index contributed by atoms with van der Waals surface area (Å²) in [6, 6.07) is 16.8. The number of fused-ring (bicyclic) bond motifs is 3. The fourth-order valence-electron chi connectivity index (χ4n) is 3.86. The first-order valence-electron chi connectivity index (χ1n) is 8.17. The van der Waals surface area contributed by atoms with Gasteiger partial charge in [-0.05, 0) is 22.3 Å². The number of hydrogen-bond acceptors (Lipinski definition) is 3. The Morgan fingerprint density at radius 1 is 1.13 bits per heavy atom. The van der Waals surface area contributed by atoms with Gasteiger partial charge in [0.2, 0.25) is 5.91 Å². The molecule has 1 amide bonds. The maximum atomic E-state index is 12.5. The molecule has 4 nitrogen and oxygen atoms in total. The van der Waals surface area contributed by atoms with Crippen LogP contribution in [0, 0.1) is 0 Å². The van der Waals surface area contributed by atoms with Crippen LogP contribution in [0.2, 0.25) is 0 Å². The van der Waals surface area contributed by atoms with E-state index >= 15 is 0 Å². The van der Waals surface area contributed by atoms with Crippen LogP contribution in [0.5, 0.6) is 0 Å². The molecule has 0 aromatic heterocycles. The van der Waals surface area contributed by atoms with Crippen molar-refractivity contribution < 1.29 is 4.79 Å². The van der Waals surface area contributed by atoms with Crippen LogP contribution in [0.1, 0.15) is 34.2 Å². The molecule has 118 valence electrons. The van der Waals surface area contributed by atoms with Crippen molar-refractivity contribution >= 4 is 5.91 Å². The van der Waals surface area contributed by atoms with Gasteiger partial charge in [0.25, 0.3) is 0 Å². The maximum absolute atomic E-state index is 12.5. The van der Waals surface area contributed by atoms with Gasteiger partial charge in [-0.3, -0.25) is 9.69 Å². The van der Waals surface area contributed by atoms with Crippen LogP contribution in [0.15, 0.2) is 48.5 Å². The first kappa shape index (κ1) is 14.4. The molecule has 23 heavy (non-hydrogen) atoms. The average molecular weight is 307 g/mol. The third-order valence-electron chi connectivity index (χ3n) is 4.99. The van der Waals surface area contributed by atoms with E-state index in [4.69, 9.17) is 5.73 Å². The predicted molar refractivity (Wildman–Crippen MR) is 89.9 cm³/mol. The van der Waals surface area contributed by atoms with Crippen molar-refractivity contribution in [3.05, 3.63) is 70.8 Å². The minimum absolute atomic E-state index is 0.109. The average Bonchev–Trinajstić information content (AvgIpc) is 2.61. The van der Waals surface area contributed by atoms with Gasteiger partial charge in [-0.25, -0.2) is 0 Å². The molecule has 0 saturated carbocycles. The van der Waals surface area contributed by atoms with Gasteiger partial charge in [-0.2, -0.15) is 0 Å². The maximum Gasteiger partial charge on any atom is 0.242 e. The Labute approximate surface area is 136 Å². The first-order chi connectivity index (χ1) is 11.3. The zero-order chi connectivity index (χ0) is 15.8. The van der Waals surface area contributed by atoms with Crippen LogP contribution in [0.3, 0.4) is 0 Å². The summed E-state index contributed by atoms with van der Waals surface area (Å²) < 4.78 is 0. The summed E-state index contributed by atoms with van der Waals surface area (Å²) in [5.74, 6) is 0.415. The molecule has 2 aromatic rings.